The molecule has 6 nitrogen and oxygen atoms in total. The Hall–Kier alpha value is -2.21. The molecule has 2 aromatic heterocycles. The van der Waals surface area contributed by atoms with Gasteiger partial charge in [-0.2, -0.15) is 0 Å². The van der Waals surface area contributed by atoms with Crippen molar-refractivity contribution in [3.05, 3.63) is 36.5 Å². The second-order valence-electron chi connectivity index (χ2n) is 5.07. The molecule has 0 aliphatic rings. The number of nitrogens with zero attached hydrogens (tertiary/aromatic N) is 3. The smallest absolute Gasteiger partial charge is 0.227 e. The van der Waals surface area contributed by atoms with Gasteiger partial charge in [-0.15, -0.1) is 0 Å². The van der Waals surface area contributed by atoms with Crippen LogP contribution in [0, 0.1) is 12.8 Å². The van der Waals surface area contributed by atoms with Crippen LogP contribution in [0.2, 0.25) is 0 Å². The molecule has 1 unspecified atom stereocenters. The number of carbonyl (C=O) groups is 1. The van der Waals surface area contributed by atoms with Crippen LogP contribution in [0.5, 0.6) is 0 Å². The Labute approximate surface area is 124 Å². The SMILES string of the molecule is Cc1nccn1-c1ccc(NC(=O)C(C)CCCN)cn1. The van der Waals surface area contributed by atoms with Crippen LogP contribution in [0.4, 0.5) is 5.69 Å². The van der Waals surface area contributed by atoms with Gasteiger partial charge in [-0.3, -0.25) is 9.36 Å². The number of rotatable bonds is 6. The minimum Gasteiger partial charge on any atom is -0.330 e. The Morgan fingerprint density at radius 1 is 1.43 bits per heavy atom. The zero-order valence-electron chi connectivity index (χ0n) is 12.4. The summed E-state index contributed by atoms with van der Waals surface area (Å²) >= 11 is 0. The van der Waals surface area contributed by atoms with E-state index in [0.29, 0.717) is 12.2 Å². The Morgan fingerprint density at radius 2 is 2.24 bits per heavy atom. The molecule has 0 spiro atoms. The van der Waals surface area contributed by atoms with E-state index in [-0.39, 0.29) is 11.8 Å². The number of aryl methyl sites for hydroxylation is 1. The Kier molecular flexibility index (Phi) is 5.05. The van der Waals surface area contributed by atoms with E-state index < -0.39 is 0 Å². The van der Waals surface area contributed by atoms with Crippen molar-refractivity contribution in [3.63, 3.8) is 0 Å². The van der Waals surface area contributed by atoms with Crippen LogP contribution >= 0.6 is 0 Å². The Balaban J connectivity index is 2.00. The summed E-state index contributed by atoms with van der Waals surface area (Å²) in [5.41, 5.74) is 6.15. The number of imidazole rings is 1. The van der Waals surface area contributed by atoms with Crippen molar-refractivity contribution in [2.45, 2.75) is 26.7 Å². The van der Waals surface area contributed by atoms with Crippen molar-refractivity contribution < 1.29 is 4.79 Å². The van der Waals surface area contributed by atoms with Gasteiger partial charge in [0.25, 0.3) is 0 Å². The molecule has 21 heavy (non-hydrogen) atoms. The number of amides is 1. The van der Waals surface area contributed by atoms with E-state index in [2.05, 4.69) is 15.3 Å². The zero-order chi connectivity index (χ0) is 15.2. The third-order valence-electron chi connectivity index (χ3n) is 3.38. The van der Waals surface area contributed by atoms with Crippen molar-refractivity contribution in [3.8, 4) is 5.82 Å². The highest BCUT2D eigenvalue weighted by Crippen LogP contribution is 2.13. The van der Waals surface area contributed by atoms with E-state index in [9.17, 15) is 4.79 Å². The lowest BCUT2D eigenvalue weighted by atomic mass is 10.0. The summed E-state index contributed by atoms with van der Waals surface area (Å²) in [5, 5.41) is 2.87. The topological polar surface area (TPSA) is 85.8 Å². The molecule has 0 bridgehead atoms. The molecular weight excluding hydrogens is 266 g/mol. The predicted octanol–water partition coefficient (Wildman–Crippen LogP) is 1.89. The number of nitrogens with two attached hydrogens (primary N) is 1. The normalized spacial score (nSPS) is 12.1. The predicted molar refractivity (Wildman–Crippen MR) is 82.2 cm³/mol. The lowest BCUT2D eigenvalue weighted by molar-refractivity contribution is -0.119. The summed E-state index contributed by atoms with van der Waals surface area (Å²) in [5.74, 6) is 1.59. The molecule has 2 aromatic rings. The fourth-order valence-electron chi connectivity index (χ4n) is 2.04. The first-order chi connectivity index (χ1) is 10.1. The lowest BCUT2D eigenvalue weighted by Crippen LogP contribution is -2.21. The highest BCUT2D eigenvalue weighted by Gasteiger charge is 2.12. The summed E-state index contributed by atoms with van der Waals surface area (Å²) < 4.78 is 1.88. The molecule has 0 saturated carbocycles. The maximum Gasteiger partial charge on any atom is 0.227 e. The molecule has 0 fully saturated rings. The van der Waals surface area contributed by atoms with Gasteiger partial charge in [0.05, 0.1) is 11.9 Å². The molecule has 2 heterocycles. The molecule has 0 aliphatic carbocycles. The van der Waals surface area contributed by atoms with Crippen molar-refractivity contribution >= 4 is 11.6 Å². The second kappa shape index (κ2) is 6.99. The van der Waals surface area contributed by atoms with Crippen molar-refractivity contribution in [1.82, 2.24) is 14.5 Å². The van der Waals surface area contributed by atoms with E-state index in [4.69, 9.17) is 5.73 Å². The third kappa shape index (κ3) is 3.88. The second-order valence-corrected chi connectivity index (χ2v) is 5.07. The van der Waals surface area contributed by atoms with Crippen molar-refractivity contribution in [2.75, 3.05) is 11.9 Å². The maximum atomic E-state index is 12.0. The van der Waals surface area contributed by atoms with Gasteiger partial charge in [0.2, 0.25) is 5.91 Å². The van der Waals surface area contributed by atoms with E-state index >= 15 is 0 Å². The first kappa shape index (κ1) is 15.2. The van der Waals surface area contributed by atoms with E-state index in [0.717, 1.165) is 24.5 Å². The quantitative estimate of drug-likeness (QED) is 0.849. The molecule has 1 amide bonds. The molecule has 0 aromatic carbocycles. The molecule has 2 rings (SSSR count). The van der Waals surface area contributed by atoms with Crippen LogP contribution in [-0.4, -0.2) is 27.0 Å². The number of carbonyl (C=O) groups excluding carboxylic acids is 1. The number of hydrogen-bond acceptors (Lipinski definition) is 4. The monoisotopic (exact) mass is 287 g/mol. The minimum absolute atomic E-state index is 0.00295. The van der Waals surface area contributed by atoms with Gasteiger partial charge >= 0.3 is 0 Å². The first-order valence-corrected chi connectivity index (χ1v) is 7.09. The summed E-state index contributed by atoms with van der Waals surface area (Å²) in [4.78, 5) is 20.5. The fraction of sp³-hybridized carbons (Fsp3) is 0.400. The van der Waals surface area contributed by atoms with Crippen LogP contribution in [0.25, 0.3) is 5.82 Å². The number of aromatic nitrogens is 3. The van der Waals surface area contributed by atoms with E-state index in [1.54, 1.807) is 12.4 Å². The van der Waals surface area contributed by atoms with Gasteiger partial charge in [-0.25, -0.2) is 9.97 Å². The minimum atomic E-state index is -0.0517. The standard InChI is InChI=1S/C15H21N5O/c1-11(4-3-7-16)15(21)19-13-5-6-14(18-10-13)20-9-8-17-12(20)2/h5-6,8-11H,3-4,7,16H2,1-2H3,(H,19,21). The first-order valence-electron chi connectivity index (χ1n) is 7.09. The van der Waals surface area contributed by atoms with Crippen LogP contribution in [0.1, 0.15) is 25.6 Å². The lowest BCUT2D eigenvalue weighted by Gasteiger charge is -2.12. The molecule has 6 heteroatoms. The largest absolute Gasteiger partial charge is 0.330 e. The average molecular weight is 287 g/mol. The Bertz CT molecular complexity index is 590. The third-order valence-corrected chi connectivity index (χ3v) is 3.38. The molecule has 3 N–H and O–H groups in total. The fourth-order valence-corrected chi connectivity index (χ4v) is 2.04. The van der Waals surface area contributed by atoms with Gasteiger partial charge in [0, 0.05) is 18.3 Å². The van der Waals surface area contributed by atoms with Gasteiger partial charge in [0.15, 0.2) is 0 Å². The van der Waals surface area contributed by atoms with Crippen LogP contribution in [-0.2, 0) is 4.79 Å². The number of nitrogens with one attached hydrogen (secondary N) is 1. The maximum absolute atomic E-state index is 12.0. The van der Waals surface area contributed by atoms with Crippen LogP contribution < -0.4 is 11.1 Å². The van der Waals surface area contributed by atoms with Gasteiger partial charge in [0.1, 0.15) is 11.6 Å². The summed E-state index contributed by atoms with van der Waals surface area (Å²) in [7, 11) is 0. The van der Waals surface area contributed by atoms with Crippen LogP contribution in [0.3, 0.4) is 0 Å². The summed E-state index contributed by atoms with van der Waals surface area (Å²) in [6, 6.07) is 3.70. The molecule has 0 radical (unpaired) electrons. The van der Waals surface area contributed by atoms with E-state index in [1.807, 2.05) is 36.7 Å². The molecule has 0 aliphatic heterocycles. The highest BCUT2D eigenvalue weighted by atomic mass is 16.1. The number of hydrogen-bond donors (Lipinski definition) is 2. The molecule has 112 valence electrons. The zero-order valence-corrected chi connectivity index (χ0v) is 12.4. The highest BCUT2D eigenvalue weighted by molar-refractivity contribution is 5.92. The summed E-state index contributed by atoms with van der Waals surface area (Å²) in [6.07, 6.45) is 6.88. The molecular formula is C15H21N5O. The van der Waals surface area contributed by atoms with E-state index in [1.165, 1.54) is 0 Å². The van der Waals surface area contributed by atoms with Crippen molar-refractivity contribution in [1.29, 1.82) is 0 Å². The Morgan fingerprint density at radius 3 is 2.81 bits per heavy atom. The molecule has 0 saturated heterocycles. The van der Waals surface area contributed by atoms with Crippen LogP contribution in [0.15, 0.2) is 30.7 Å². The molecule has 1 atom stereocenters. The number of pyridine rings is 1. The van der Waals surface area contributed by atoms with Gasteiger partial charge < -0.3 is 11.1 Å². The summed E-state index contributed by atoms with van der Waals surface area (Å²) in [6.45, 7) is 4.43. The van der Waals surface area contributed by atoms with Gasteiger partial charge in [-0.05, 0) is 38.4 Å². The average Bonchev–Trinajstić information content (AvgIpc) is 2.91. The number of anilines is 1. The van der Waals surface area contributed by atoms with Crippen molar-refractivity contribution in [2.24, 2.45) is 11.7 Å². The van der Waals surface area contributed by atoms with Gasteiger partial charge in [-0.1, -0.05) is 6.92 Å².